The van der Waals surface area contributed by atoms with Crippen molar-refractivity contribution in [3.05, 3.63) is 11.6 Å². The average Bonchev–Trinajstić information content (AvgIpc) is 2.70. The van der Waals surface area contributed by atoms with E-state index in [0.29, 0.717) is 12.5 Å². The smallest absolute Gasteiger partial charge is 0.223 e. The molecule has 0 radical (unpaired) electrons. The van der Waals surface area contributed by atoms with Crippen LogP contribution in [0.5, 0.6) is 0 Å². The zero-order valence-corrected chi connectivity index (χ0v) is 21.2. The summed E-state index contributed by atoms with van der Waals surface area (Å²) >= 11 is 0. The molecule has 6 nitrogen and oxygen atoms in total. The van der Waals surface area contributed by atoms with Crippen molar-refractivity contribution < 1.29 is 4.79 Å². The largest absolute Gasteiger partial charge is 0.370 e. The van der Waals surface area contributed by atoms with E-state index in [4.69, 9.17) is 11.5 Å². The first-order valence-electron chi connectivity index (χ1n) is 12.3. The van der Waals surface area contributed by atoms with Gasteiger partial charge in [-0.05, 0) is 56.8 Å². The number of nitrogens with two attached hydrogens (primary N) is 2. The summed E-state index contributed by atoms with van der Waals surface area (Å²) in [6.45, 7) is 17.1. The Labute approximate surface area is 191 Å². The summed E-state index contributed by atoms with van der Waals surface area (Å²) in [5.41, 5.74) is 12.5. The number of carbonyl (C=O) groups is 1. The molecule has 0 saturated carbocycles. The first-order valence-corrected chi connectivity index (χ1v) is 12.3. The molecule has 0 aromatic carbocycles. The van der Waals surface area contributed by atoms with Crippen LogP contribution in [-0.4, -0.2) is 36.5 Å². The van der Waals surface area contributed by atoms with Gasteiger partial charge in [-0.3, -0.25) is 9.79 Å². The Bertz CT molecular complexity index is 623. The third kappa shape index (κ3) is 8.47. The number of amides is 1. The van der Waals surface area contributed by atoms with Gasteiger partial charge in [0.1, 0.15) is 0 Å². The first kappa shape index (κ1) is 27.5. The zero-order valence-electron chi connectivity index (χ0n) is 21.2. The molecule has 1 aliphatic heterocycles. The van der Waals surface area contributed by atoms with Gasteiger partial charge < -0.3 is 22.1 Å². The minimum atomic E-state index is -0.0306. The molecule has 0 spiro atoms. The van der Waals surface area contributed by atoms with Crippen LogP contribution >= 0.6 is 0 Å². The van der Waals surface area contributed by atoms with Crippen LogP contribution < -0.4 is 22.1 Å². The Balaban J connectivity index is 3.20. The van der Waals surface area contributed by atoms with Crippen LogP contribution in [0.3, 0.4) is 0 Å². The van der Waals surface area contributed by atoms with Crippen molar-refractivity contribution in [3.63, 3.8) is 0 Å². The van der Waals surface area contributed by atoms with Gasteiger partial charge in [-0.1, -0.05) is 59.6 Å². The third-order valence-corrected chi connectivity index (χ3v) is 7.29. The number of nitrogens with zero attached hydrogens (tertiary/aromatic N) is 1. The number of hydrogen-bond acceptors (Lipinski definition) is 3. The van der Waals surface area contributed by atoms with E-state index in [1.165, 1.54) is 5.57 Å². The maximum Gasteiger partial charge on any atom is 0.223 e. The second-order valence-corrected chi connectivity index (χ2v) is 10.3. The SMILES string of the molecule is CC=C1CC(C)C(C)C(=O)NC(CCCN=C(N)N)CNC(CC)(CCC)CC1(C)C. The minimum absolute atomic E-state index is 0.0306. The fraction of sp³-hybridized carbons (Fsp3) is 0.840. The van der Waals surface area contributed by atoms with Crippen molar-refractivity contribution in [1.29, 1.82) is 0 Å². The Morgan fingerprint density at radius 3 is 2.48 bits per heavy atom. The summed E-state index contributed by atoms with van der Waals surface area (Å²) in [5, 5.41) is 7.25. The normalized spacial score (nSPS) is 31.4. The highest BCUT2D eigenvalue weighted by molar-refractivity contribution is 5.79. The predicted molar refractivity (Wildman–Crippen MR) is 133 cm³/mol. The molecule has 6 heteroatoms. The summed E-state index contributed by atoms with van der Waals surface area (Å²) < 4.78 is 0. The first-order chi connectivity index (χ1) is 14.5. The van der Waals surface area contributed by atoms with Gasteiger partial charge in [-0.25, -0.2) is 0 Å². The second-order valence-electron chi connectivity index (χ2n) is 10.3. The van der Waals surface area contributed by atoms with E-state index >= 15 is 0 Å². The molecule has 0 aromatic heterocycles. The number of guanidine groups is 1. The molecule has 1 rings (SSSR count). The third-order valence-electron chi connectivity index (χ3n) is 7.29. The topological polar surface area (TPSA) is 106 Å². The Kier molecular flexibility index (Phi) is 11.1. The van der Waals surface area contributed by atoms with Crippen molar-refractivity contribution in [2.45, 2.75) is 105 Å². The second kappa shape index (κ2) is 12.5. The maximum absolute atomic E-state index is 13.1. The van der Waals surface area contributed by atoms with Crippen LogP contribution in [0.15, 0.2) is 16.6 Å². The Morgan fingerprint density at radius 2 is 1.94 bits per heavy atom. The number of hydrogen-bond donors (Lipinski definition) is 4. The lowest BCUT2D eigenvalue weighted by Gasteiger charge is -2.44. The van der Waals surface area contributed by atoms with Crippen LogP contribution in [-0.2, 0) is 4.79 Å². The van der Waals surface area contributed by atoms with Crippen LogP contribution in [0.4, 0.5) is 0 Å². The van der Waals surface area contributed by atoms with Crippen LogP contribution in [0.2, 0.25) is 0 Å². The van der Waals surface area contributed by atoms with E-state index in [2.05, 4.69) is 70.2 Å². The lowest BCUT2D eigenvalue weighted by molar-refractivity contribution is -0.126. The van der Waals surface area contributed by atoms with Crippen molar-refractivity contribution in [2.24, 2.45) is 33.7 Å². The molecule has 31 heavy (non-hydrogen) atoms. The zero-order chi connectivity index (χ0) is 23.7. The van der Waals surface area contributed by atoms with Gasteiger partial charge in [0, 0.05) is 30.6 Å². The highest BCUT2D eigenvalue weighted by Gasteiger charge is 2.38. The van der Waals surface area contributed by atoms with Gasteiger partial charge in [0.25, 0.3) is 0 Å². The lowest BCUT2D eigenvalue weighted by atomic mass is 9.68. The highest BCUT2D eigenvalue weighted by Crippen LogP contribution is 2.42. The van der Waals surface area contributed by atoms with Gasteiger partial charge in [-0.15, -0.1) is 0 Å². The summed E-state index contributed by atoms with van der Waals surface area (Å²) in [6.07, 6.45) is 9.37. The van der Waals surface area contributed by atoms with Crippen molar-refractivity contribution >= 4 is 11.9 Å². The van der Waals surface area contributed by atoms with Crippen molar-refractivity contribution in [1.82, 2.24) is 10.6 Å². The van der Waals surface area contributed by atoms with E-state index in [-0.39, 0.29) is 34.8 Å². The molecule has 0 aromatic rings. The number of aliphatic imine (C=N–C) groups is 1. The molecule has 180 valence electrons. The van der Waals surface area contributed by atoms with Crippen LogP contribution in [0, 0.1) is 17.3 Å². The molecular weight excluding hydrogens is 386 g/mol. The molecule has 0 aliphatic carbocycles. The molecule has 4 atom stereocenters. The van der Waals surface area contributed by atoms with E-state index in [1.807, 2.05) is 0 Å². The average molecular weight is 436 g/mol. The fourth-order valence-electron chi connectivity index (χ4n) is 5.11. The van der Waals surface area contributed by atoms with Crippen molar-refractivity contribution in [3.8, 4) is 0 Å². The maximum atomic E-state index is 13.1. The number of allylic oxidation sites excluding steroid dienone is 2. The quantitative estimate of drug-likeness (QED) is 0.209. The standard InChI is InChI=1S/C25H49N5O/c1-8-13-25(10-3)17-24(6,7)20(9-2)15-18(4)19(5)22(31)30-21(16-29-25)12-11-14-28-23(26)27/h9,18-19,21,29H,8,10-17H2,1-7H3,(H,30,31)(H4,26,27,28). The number of rotatable bonds is 7. The van der Waals surface area contributed by atoms with Crippen LogP contribution in [0.25, 0.3) is 0 Å². The lowest BCUT2D eigenvalue weighted by Crippen LogP contribution is -2.54. The Hall–Kier alpha value is -1.56. The molecule has 1 fully saturated rings. The predicted octanol–water partition coefficient (Wildman–Crippen LogP) is 4.10. The molecule has 6 N–H and O–H groups in total. The molecule has 1 heterocycles. The minimum Gasteiger partial charge on any atom is -0.370 e. The van der Waals surface area contributed by atoms with Gasteiger partial charge in [0.05, 0.1) is 0 Å². The van der Waals surface area contributed by atoms with E-state index in [0.717, 1.165) is 51.5 Å². The fourth-order valence-corrected chi connectivity index (χ4v) is 5.11. The summed E-state index contributed by atoms with van der Waals surface area (Å²) in [7, 11) is 0. The van der Waals surface area contributed by atoms with Gasteiger partial charge in [0.15, 0.2) is 5.96 Å². The van der Waals surface area contributed by atoms with Gasteiger partial charge in [-0.2, -0.15) is 0 Å². The van der Waals surface area contributed by atoms with E-state index < -0.39 is 0 Å². The Morgan fingerprint density at radius 1 is 1.26 bits per heavy atom. The molecule has 0 bridgehead atoms. The molecule has 1 amide bonds. The summed E-state index contributed by atoms with van der Waals surface area (Å²) in [5.74, 6) is 0.533. The number of nitrogens with one attached hydrogen (secondary N) is 2. The van der Waals surface area contributed by atoms with E-state index in [9.17, 15) is 4.79 Å². The summed E-state index contributed by atoms with van der Waals surface area (Å²) in [4.78, 5) is 17.2. The highest BCUT2D eigenvalue weighted by atomic mass is 16.1. The van der Waals surface area contributed by atoms with Crippen molar-refractivity contribution in [2.75, 3.05) is 13.1 Å². The molecule has 1 aliphatic rings. The molecule has 1 saturated heterocycles. The van der Waals surface area contributed by atoms with E-state index in [1.54, 1.807) is 0 Å². The summed E-state index contributed by atoms with van der Waals surface area (Å²) in [6, 6.07) is 0.0721. The van der Waals surface area contributed by atoms with Crippen LogP contribution in [0.1, 0.15) is 93.4 Å². The monoisotopic (exact) mass is 435 g/mol. The molecule has 4 unspecified atom stereocenters. The molecular formula is C25H49N5O. The van der Waals surface area contributed by atoms with Gasteiger partial charge in [0.2, 0.25) is 5.91 Å². The van der Waals surface area contributed by atoms with Gasteiger partial charge >= 0.3 is 0 Å². The number of carbonyl (C=O) groups excluding carboxylic acids is 1.